The molecule has 2 saturated carbocycles. The quantitative estimate of drug-likeness (QED) is 0.570. The number of ether oxygens (including phenoxy) is 1. The molecular weight excluding hydrogens is 300 g/mol. The SMILES string of the molecule is C=CC(=O)OC(C)(C)C(CO)C(C)(C)C1CC2CCC1(C)C2(C)C. The van der Waals surface area contributed by atoms with Gasteiger partial charge in [-0.2, -0.15) is 0 Å². The van der Waals surface area contributed by atoms with E-state index in [4.69, 9.17) is 4.74 Å². The van der Waals surface area contributed by atoms with Crippen molar-refractivity contribution in [2.24, 2.45) is 34.0 Å². The fourth-order valence-electron chi connectivity index (χ4n) is 6.29. The number of aliphatic hydroxyl groups excluding tert-OH is 1. The Morgan fingerprint density at radius 1 is 1.33 bits per heavy atom. The van der Waals surface area contributed by atoms with Gasteiger partial charge >= 0.3 is 5.97 Å². The topological polar surface area (TPSA) is 46.5 Å². The molecule has 0 aromatic heterocycles. The molecule has 2 rings (SSSR count). The molecule has 4 atom stereocenters. The lowest BCUT2D eigenvalue weighted by Crippen LogP contribution is -2.52. The van der Waals surface area contributed by atoms with Gasteiger partial charge in [0, 0.05) is 12.0 Å². The number of hydrogen-bond donors (Lipinski definition) is 1. The molecule has 2 fully saturated rings. The summed E-state index contributed by atoms with van der Waals surface area (Å²) in [5.74, 6) is 0.724. The first kappa shape index (κ1) is 19.5. The number of carbonyl (C=O) groups excluding carboxylic acids is 1. The van der Waals surface area contributed by atoms with Crippen LogP contribution in [0.5, 0.6) is 0 Å². The first-order chi connectivity index (χ1) is 10.8. The highest BCUT2D eigenvalue weighted by atomic mass is 16.6. The van der Waals surface area contributed by atoms with Gasteiger partial charge < -0.3 is 9.84 Å². The van der Waals surface area contributed by atoms with Gasteiger partial charge in [0.2, 0.25) is 0 Å². The first-order valence-corrected chi connectivity index (χ1v) is 9.31. The molecule has 0 saturated heterocycles. The molecule has 4 unspecified atom stereocenters. The van der Waals surface area contributed by atoms with Gasteiger partial charge in [0.1, 0.15) is 5.60 Å². The van der Waals surface area contributed by atoms with Crippen LogP contribution in [0.25, 0.3) is 0 Å². The van der Waals surface area contributed by atoms with Crippen molar-refractivity contribution < 1.29 is 14.6 Å². The van der Waals surface area contributed by atoms with Crippen LogP contribution in [-0.4, -0.2) is 23.3 Å². The normalized spacial score (nSPS) is 33.3. The number of aliphatic hydroxyl groups is 1. The van der Waals surface area contributed by atoms with Crippen molar-refractivity contribution in [1.82, 2.24) is 0 Å². The van der Waals surface area contributed by atoms with Gasteiger partial charge in [-0.25, -0.2) is 4.79 Å². The van der Waals surface area contributed by atoms with E-state index in [1.807, 2.05) is 13.8 Å². The molecule has 0 radical (unpaired) electrons. The number of esters is 1. The Labute approximate surface area is 147 Å². The van der Waals surface area contributed by atoms with E-state index >= 15 is 0 Å². The van der Waals surface area contributed by atoms with Crippen LogP contribution in [-0.2, 0) is 9.53 Å². The van der Waals surface area contributed by atoms with E-state index in [-0.39, 0.29) is 23.4 Å². The van der Waals surface area contributed by atoms with E-state index in [1.54, 1.807) is 0 Å². The van der Waals surface area contributed by atoms with Crippen LogP contribution in [0.1, 0.15) is 67.7 Å². The number of hydrogen-bond acceptors (Lipinski definition) is 3. The minimum atomic E-state index is -0.730. The predicted octanol–water partition coefficient (Wildman–Crippen LogP) is 4.59. The Morgan fingerprint density at radius 2 is 1.92 bits per heavy atom. The maximum atomic E-state index is 11.8. The zero-order valence-electron chi connectivity index (χ0n) is 16.6. The predicted molar refractivity (Wildman–Crippen MR) is 97.4 cm³/mol. The van der Waals surface area contributed by atoms with Crippen molar-refractivity contribution in [3.8, 4) is 0 Å². The van der Waals surface area contributed by atoms with Crippen LogP contribution in [0.4, 0.5) is 0 Å². The van der Waals surface area contributed by atoms with Crippen LogP contribution in [0.3, 0.4) is 0 Å². The Balaban J connectivity index is 2.34. The zero-order valence-corrected chi connectivity index (χ0v) is 16.6. The molecule has 0 aromatic rings. The monoisotopic (exact) mass is 336 g/mol. The maximum absolute atomic E-state index is 11.8. The van der Waals surface area contributed by atoms with Crippen LogP contribution in [0.15, 0.2) is 12.7 Å². The van der Waals surface area contributed by atoms with E-state index in [0.29, 0.717) is 11.3 Å². The summed E-state index contributed by atoms with van der Waals surface area (Å²) in [6.45, 7) is 19.1. The van der Waals surface area contributed by atoms with Gasteiger partial charge in [-0.3, -0.25) is 0 Å². The molecule has 0 aromatic carbocycles. The molecule has 0 aliphatic heterocycles. The molecule has 0 amide bonds. The summed E-state index contributed by atoms with van der Waals surface area (Å²) in [4.78, 5) is 11.8. The summed E-state index contributed by atoms with van der Waals surface area (Å²) in [5.41, 5.74) is -0.253. The van der Waals surface area contributed by atoms with E-state index < -0.39 is 11.6 Å². The molecule has 3 heteroatoms. The Morgan fingerprint density at radius 3 is 2.29 bits per heavy atom. The van der Waals surface area contributed by atoms with Crippen molar-refractivity contribution >= 4 is 5.97 Å². The number of rotatable bonds is 6. The summed E-state index contributed by atoms with van der Waals surface area (Å²) in [6.07, 6.45) is 4.97. The lowest BCUT2D eigenvalue weighted by atomic mass is 9.54. The summed E-state index contributed by atoms with van der Waals surface area (Å²) < 4.78 is 5.63. The lowest BCUT2D eigenvalue weighted by Gasteiger charge is -2.52. The fourth-order valence-corrected chi connectivity index (χ4v) is 6.29. The van der Waals surface area contributed by atoms with Gasteiger partial charge in [-0.05, 0) is 61.2 Å². The van der Waals surface area contributed by atoms with E-state index in [1.165, 1.54) is 25.3 Å². The van der Waals surface area contributed by atoms with Crippen molar-refractivity contribution in [2.75, 3.05) is 6.61 Å². The third-order valence-electron chi connectivity index (χ3n) is 8.14. The average molecular weight is 337 g/mol. The third-order valence-corrected chi connectivity index (χ3v) is 8.14. The molecule has 1 N–H and O–H groups in total. The molecule has 138 valence electrons. The Hall–Kier alpha value is -0.830. The van der Waals surface area contributed by atoms with Crippen LogP contribution in [0.2, 0.25) is 0 Å². The third kappa shape index (κ3) is 2.64. The lowest BCUT2D eigenvalue weighted by molar-refractivity contribution is -0.170. The van der Waals surface area contributed by atoms with E-state index in [2.05, 4.69) is 41.2 Å². The highest BCUT2D eigenvalue weighted by molar-refractivity contribution is 5.81. The maximum Gasteiger partial charge on any atom is 0.330 e. The summed E-state index contributed by atoms with van der Waals surface area (Å²) in [5, 5.41) is 10.2. The average Bonchev–Trinajstić information content (AvgIpc) is 2.79. The number of carbonyl (C=O) groups is 1. The molecule has 2 aliphatic carbocycles. The smallest absolute Gasteiger partial charge is 0.330 e. The second kappa shape index (κ2) is 5.86. The van der Waals surface area contributed by atoms with E-state index in [0.717, 1.165) is 5.92 Å². The van der Waals surface area contributed by atoms with Crippen LogP contribution in [0, 0.1) is 34.0 Å². The second-order valence-corrected chi connectivity index (χ2v) is 9.95. The Kier molecular flexibility index (Phi) is 4.76. The second-order valence-electron chi connectivity index (χ2n) is 9.95. The van der Waals surface area contributed by atoms with Crippen molar-refractivity contribution in [3.05, 3.63) is 12.7 Å². The standard InChI is InChI=1S/C21H36O3/c1-9-17(23)24-20(6,7)16(13-22)18(2,3)15-12-14-10-11-21(15,8)19(14,4)5/h9,14-16,22H,1,10-13H2,2-8H3. The Bertz CT molecular complexity index is 517. The van der Waals surface area contributed by atoms with Gasteiger partial charge in [-0.15, -0.1) is 0 Å². The van der Waals surface area contributed by atoms with Crippen LogP contribution >= 0.6 is 0 Å². The van der Waals surface area contributed by atoms with Crippen molar-refractivity contribution in [3.63, 3.8) is 0 Å². The number of fused-ring (bicyclic) bond motifs is 2. The molecule has 3 nitrogen and oxygen atoms in total. The van der Waals surface area contributed by atoms with E-state index in [9.17, 15) is 9.90 Å². The molecule has 2 bridgehead atoms. The molecule has 0 heterocycles. The summed E-state index contributed by atoms with van der Waals surface area (Å²) >= 11 is 0. The minimum Gasteiger partial charge on any atom is -0.456 e. The van der Waals surface area contributed by atoms with Crippen molar-refractivity contribution in [2.45, 2.75) is 73.3 Å². The van der Waals surface area contributed by atoms with Crippen LogP contribution < -0.4 is 0 Å². The highest BCUT2D eigenvalue weighted by Gasteiger charge is 2.66. The van der Waals surface area contributed by atoms with Gasteiger partial charge in [0.25, 0.3) is 0 Å². The largest absolute Gasteiger partial charge is 0.456 e. The summed E-state index contributed by atoms with van der Waals surface area (Å²) in [7, 11) is 0. The fraction of sp³-hybridized carbons (Fsp3) is 0.857. The zero-order chi connectivity index (χ0) is 18.6. The van der Waals surface area contributed by atoms with Gasteiger partial charge in [0.15, 0.2) is 0 Å². The molecule has 0 spiro atoms. The first-order valence-electron chi connectivity index (χ1n) is 9.31. The minimum absolute atomic E-state index is 0.0160. The summed E-state index contributed by atoms with van der Waals surface area (Å²) in [6, 6.07) is 0. The van der Waals surface area contributed by atoms with Crippen molar-refractivity contribution in [1.29, 1.82) is 0 Å². The van der Waals surface area contributed by atoms with Gasteiger partial charge in [0.05, 0.1) is 6.61 Å². The van der Waals surface area contributed by atoms with Gasteiger partial charge in [-0.1, -0.05) is 41.2 Å². The molecular formula is C21H36O3. The molecule has 24 heavy (non-hydrogen) atoms. The molecule has 2 aliphatic rings. The highest BCUT2D eigenvalue weighted by Crippen LogP contribution is 2.72.